The fourth-order valence-electron chi connectivity index (χ4n) is 1.70. The molecule has 0 bridgehead atoms. The van der Waals surface area contributed by atoms with Crippen LogP contribution in [-0.2, 0) is 0 Å². The average Bonchev–Trinajstić information content (AvgIpc) is 2.82. The number of hydrogen-bond acceptors (Lipinski definition) is 5. The zero-order valence-electron chi connectivity index (χ0n) is 9.40. The maximum atomic E-state index is 8.74. The molecule has 18 heavy (non-hydrogen) atoms. The van der Waals surface area contributed by atoms with E-state index >= 15 is 0 Å². The van der Waals surface area contributed by atoms with Crippen LogP contribution in [-0.4, -0.2) is 30.5 Å². The standard InChI is InChI=1S/C11H12Cl2N4O/c12-7-2-1-3-8(13)10(7)9(6-16-18)17-11-14-4-5-15-11/h1-3,6,9,18H,4-5H2,(H2,14,15,17)/b16-6-. The number of oxime groups is 1. The molecular weight excluding hydrogens is 275 g/mol. The van der Waals surface area contributed by atoms with E-state index in [4.69, 9.17) is 28.4 Å². The lowest BCUT2D eigenvalue weighted by Crippen LogP contribution is -2.37. The summed E-state index contributed by atoms with van der Waals surface area (Å²) in [5, 5.41) is 18.9. The maximum Gasteiger partial charge on any atom is 0.192 e. The van der Waals surface area contributed by atoms with Gasteiger partial charge in [-0.25, -0.2) is 0 Å². The van der Waals surface area contributed by atoms with Gasteiger partial charge in [0.05, 0.1) is 18.8 Å². The molecule has 0 saturated carbocycles. The molecule has 1 atom stereocenters. The van der Waals surface area contributed by atoms with E-state index in [-0.39, 0.29) is 0 Å². The highest BCUT2D eigenvalue weighted by Gasteiger charge is 2.19. The molecule has 1 aromatic carbocycles. The van der Waals surface area contributed by atoms with Crippen LogP contribution in [0, 0.1) is 0 Å². The van der Waals surface area contributed by atoms with Crippen molar-refractivity contribution in [3.8, 4) is 0 Å². The van der Waals surface area contributed by atoms with Crippen LogP contribution in [0.15, 0.2) is 28.3 Å². The summed E-state index contributed by atoms with van der Waals surface area (Å²) in [5.41, 5.74) is 0.648. The van der Waals surface area contributed by atoms with Gasteiger partial charge >= 0.3 is 0 Å². The number of hydrogen-bond donors (Lipinski definition) is 3. The Morgan fingerprint density at radius 3 is 2.72 bits per heavy atom. The van der Waals surface area contributed by atoms with E-state index in [0.29, 0.717) is 28.1 Å². The number of benzene rings is 1. The van der Waals surface area contributed by atoms with Crippen LogP contribution in [0.2, 0.25) is 10.0 Å². The lowest BCUT2D eigenvalue weighted by Gasteiger charge is -2.18. The van der Waals surface area contributed by atoms with E-state index in [9.17, 15) is 0 Å². The summed E-state index contributed by atoms with van der Waals surface area (Å²) in [6, 6.07) is 4.77. The van der Waals surface area contributed by atoms with Crippen LogP contribution in [0.5, 0.6) is 0 Å². The van der Waals surface area contributed by atoms with Crippen LogP contribution in [0.4, 0.5) is 0 Å². The van der Waals surface area contributed by atoms with Gasteiger partial charge in [-0.1, -0.05) is 34.4 Å². The molecule has 7 heteroatoms. The first-order valence-electron chi connectivity index (χ1n) is 5.38. The predicted octanol–water partition coefficient (Wildman–Crippen LogP) is 2.04. The van der Waals surface area contributed by atoms with Crippen molar-refractivity contribution in [2.45, 2.75) is 6.04 Å². The van der Waals surface area contributed by atoms with Crippen molar-refractivity contribution >= 4 is 35.4 Å². The summed E-state index contributed by atoms with van der Waals surface area (Å²) in [4.78, 5) is 4.21. The van der Waals surface area contributed by atoms with Gasteiger partial charge in [0.2, 0.25) is 0 Å². The molecule has 0 saturated heterocycles. The number of nitrogens with one attached hydrogen (secondary N) is 2. The van der Waals surface area contributed by atoms with Gasteiger partial charge in [0, 0.05) is 22.2 Å². The van der Waals surface area contributed by atoms with E-state index < -0.39 is 6.04 Å². The fourth-order valence-corrected chi connectivity index (χ4v) is 2.33. The summed E-state index contributed by atoms with van der Waals surface area (Å²) in [6.07, 6.45) is 1.32. The van der Waals surface area contributed by atoms with Crippen LogP contribution in [0.1, 0.15) is 11.6 Å². The molecule has 1 aromatic rings. The SMILES string of the molecule is O/N=C\C(NC1=NCCN1)c1c(Cl)cccc1Cl. The number of rotatable bonds is 3. The van der Waals surface area contributed by atoms with Gasteiger partial charge in [-0.15, -0.1) is 0 Å². The lowest BCUT2D eigenvalue weighted by atomic mass is 10.1. The molecule has 1 unspecified atom stereocenters. The first-order valence-corrected chi connectivity index (χ1v) is 6.14. The predicted molar refractivity (Wildman–Crippen MR) is 72.9 cm³/mol. The summed E-state index contributed by atoms with van der Waals surface area (Å²) in [6.45, 7) is 1.49. The molecule has 0 spiro atoms. The van der Waals surface area contributed by atoms with Gasteiger partial charge in [-0.2, -0.15) is 0 Å². The average molecular weight is 287 g/mol. The Bertz CT molecular complexity index is 470. The minimum Gasteiger partial charge on any atom is -0.411 e. The largest absolute Gasteiger partial charge is 0.411 e. The molecule has 2 rings (SSSR count). The third-order valence-corrected chi connectivity index (χ3v) is 3.15. The van der Waals surface area contributed by atoms with Crippen molar-refractivity contribution < 1.29 is 5.21 Å². The second-order valence-electron chi connectivity index (χ2n) is 3.68. The number of aliphatic imine (C=N–C) groups is 1. The van der Waals surface area contributed by atoms with Crippen LogP contribution in [0.25, 0.3) is 0 Å². The number of guanidine groups is 1. The first-order chi connectivity index (χ1) is 8.72. The van der Waals surface area contributed by atoms with E-state index in [1.165, 1.54) is 6.21 Å². The van der Waals surface area contributed by atoms with E-state index in [1.807, 2.05) is 0 Å². The van der Waals surface area contributed by atoms with E-state index in [1.54, 1.807) is 18.2 Å². The second kappa shape index (κ2) is 5.93. The second-order valence-corrected chi connectivity index (χ2v) is 4.49. The summed E-state index contributed by atoms with van der Waals surface area (Å²) >= 11 is 12.2. The molecule has 1 aliphatic rings. The summed E-state index contributed by atoms with van der Waals surface area (Å²) in [7, 11) is 0. The Morgan fingerprint density at radius 1 is 1.44 bits per heavy atom. The van der Waals surface area contributed by atoms with Crippen molar-refractivity contribution in [1.29, 1.82) is 0 Å². The van der Waals surface area contributed by atoms with Crippen molar-refractivity contribution in [1.82, 2.24) is 10.6 Å². The third kappa shape index (κ3) is 2.86. The van der Waals surface area contributed by atoms with E-state index in [0.717, 1.165) is 6.54 Å². The Kier molecular flexibility index (Phi) is 4.28. The van der Waals surface area contributed by atoms with Gasteiger partial charge < -0.3 is 15.8 Å². The van der Waals surface area contributed by atoms with Crippen LogP contribution < -0.4 is 10.6 Å². The number of halogens is 2. The Balaban J connectivity index is 2.29. The van der Waals surface area contributed by atoms with Gasteiger partial charge in [0.25, 0.3) is 0 Å². The van der Waals surface area contributed by atoms with Crippen molar-refractivity contribution in [2.24, 2.45) is 10.1 Å². The molecule has 5 nitrogen and oxygen atoms in total. The molecule has 0 radical (unpaired) electrons. The van der Waals surface area contributed by atoms with Crippen molar-refractivity contribution in [3.05, 3.63) is 33.8 Å². The fraction of sp³-hybridized carbons (Fsp3) is 0.273. The van der Waals surface area contributed by atoms with Crippen molar-refractivity contribution in [3.63, 3.8) is 0 Å². The van der Waals surface area contributed by atoms with Crippen LogP contribution in [0.3, 0.4) is 0 Å². The first kappa shape index (κ1) is 13.0. The smallest absolute Gasteiger partial charge is 0.192 e. The highest BCUT2D eigenvalue weighted by molar-refractivity contribution is 6.36. The zero-order chi connectivity index (χ0) is 13.0. The minimum atomic E-state index is -0.444. The highest BCUT2D eigenvalue weighted by Crippen LogP contribution is 2.29. The van der Waals surface area contributed by atoms with Crippen molar-refractivity contribution in [2.75, 3.05) is 13.1 Å². The Labute approximate surface area is 114 Å². The maximum absolute atomic E-state index is 8.74. The third-order valence-electron chi connectivity index (χ3n) is 2.49. The molecular formula is C11H12Cl2N4O. The Hall–Kier alpha value is -1.46. The quantitative estimate of drug-likeness (QED) is 0.453. The highest BCUT2D eigenvalue weighted by atomic mass is 35.5. The normalized spacial score (nSPS) is 16.4. The molecule has 0 fully saturated rings. The van der Waals surface area contributed by atoms with Gasteiger partial charge in [0.1, 0.15) is 0 Å². The molecule has 1 aliphatic heterocycles. The molecule has 96 valence electrons. The van der Waals surface area contributed by atoms with Gasteiger partial charge in [-0.05, 0) is 12.1 Å². The van der Waals surface area contributed by atoms with Crippen LogP contribution >= 0.6 is 23.2 Å². The summed E-state index contributed by atoms with van der Waals surface area (Å²) in [5.74, 6) is 0.635. The molecule has 0 aliphatic carbocycles. The molecule has 1 heterocycles. The topological polar surface area (TPSA) is 69.0 Å². The molecule has 0 amide bonds. The monoisotopic (exact) mass is 286 g/mol. The molecule has 0 aromatic heterocycles. The van der Waals surface area contributed by atoms with Gasteiger partial charge in [-0.3, -0.25) is 4.99 Å². The zero-order valence-corrected chi connectivity index (χ0v) is 10.9. The minimum absolute atomic E-state index is 0.444. The van der Waals surface area contributed by atoms with E-state index in [2.05, 4.69) is 20.8 Å². The van der Waals surface area contributed by atoms with Gasteiger partial charge in [0.15, 0.2) is 5.96 Å². The lowest BCUT2D eigenvalue weighted by molar-refractivity contribution is 0.319. The molecule has 3 N–H and O–H groups in total. The summed E-state index contributed by atoms with van der Waals surface area (Å²) < 4.78 is 0. The Morgan fingerprint density at radius 2 is 2.17 bits per heavy atom. The number of nitrogens with zero attached hydrogens (tertiary/aromatic N) is 2.